The quantitative estimate of drug-likeness (QED) is 0.887. The van der Waals surface area contributed by atoms with Crippen molar-refractivity contribution >= 4 is 17.7 Å². The van der Waals surface area contributed by atoms with E-state index in [4.69, 9.17) is 5.11 Å². The number of anilines is 1. The Labute approximate surface area is 117 Å². The largest absolute Gasteiger partial charge is 0.478 e. The maximum Gasteiger partial charge on any atom is 0.335 e. The lowest BCUT2D eigenvalue weighted by atomic mass is 10.1. The molecule has 2 amide bonds. The van der Waals surface area contributed by atoms with Crippen LogP contribution in [0.1, 0.15) is 29.3 Å². The number of carboxylic acids is 1. The smallest absolute Gasteiger partial charge is 0.335 e. The van der Waals surface area contributed by atoms with Gasteiger partial charge in [0.2, 0.25) is 0 Å². The van der Waals surface area contributed by atoms with Gasteiger partial charge >= 0.3 is 12.0 Å². The van der Waals surface area contributed by atoms with E-state index in [9.17, 15) is 9.59 Å². The van der Waals surface area contributed by atoms with E-state index in [0.717, 1.165) is 23.7 Å². The third-order valence-corrected chi connectivity index (χ3v) is 4.26. The second kappa shape index (κ2) is 4.81. The summed E-state index contributed by atoms with van der Waals surface area (Å²) in [6.45, 7) is 3.54. The van der Waals surface area contributed by atoms with Crippen molar-refractivity contribution in [3.05, 3.63) is 29.3 Å². The first-order valence-corrected chi connectivity index (χ1v) is 6.98. The normalized spacial score (nSPS) is 23.4. The van der Waals surface area contributed by atoms with Crippen molar-refractivity contribution in [1.29, 1.82) is 0 Å². The van der Waals surface area contributed by atoms with E-state index in [-0.39, 0.29) is 11.6 Å². The summed E-state index contributed by atoms with van der Waals surface area (Å²) >= 11 is 0. The maximum absolute atomic E-state index is 12.2. The number of fused-ring (bicyclic) bond motifs is 1. The number of hydrogen-bond donors (Lipinski definition) is 2. The van der Waals surface area contributed by atoms with Crippen molar-refractivity contribution in [3.63, 3.8) is 0 Å². The van der Waals surface area contributed by atoms with E-state index >= 15 is 0 Å². The molecular formula is C15H18N2O3. The number of carboxylic acid groups (broad SMARTS) is 1. The third-order valence-electron chi connectivity index (χ3n) is 4.26. The Morgan fingerprint density at radius 1 is 1.45 bits per heavy atom. The van der Waals surface area contributed by atoms with Crippen LogP contribution in [0.15, 0.2) is 18.2 Å². The van der Waals surface area contributed by atoms with Crippen LogP contribution < -0.4 is 10.2 Å². The molecule has 2 atom stereocenters. The van der Waals surface area contributed by atoms with Gasteiger partial charge in [-0.1, -0.05) is 6.92 Å². The monoisotopic (exact) mass is 274 g/mol. The molecule has 106 valence electrons. The highest BCUT2D eigenvalue weighted by Gasteiger charge is 2.33. The molecule has 20 heavy (non-hydrogen) atoms. The summed E-state index contributed by atoms with van der Waals surface area (Å²) in [5.41, 5.74) is 2.04. The Bertz CT molecular complexity index is 570. The lowest BCUT2D eigenvalue weighted by Gasteiger charge is -2.18. The first-order chi connectivity index (χ1) is 9.56. The van der Waals surface area contributed by atoms with E-state index in [2.05, 4.69) is 12.2 Å². The molecule has 1 aromatic carbocycles. The molecular weight excluding hydrogens is 256 g/mol. The Hall–Kier alpha value is -2.04. The SMILES string of the molecule is CC1CC1CNC(=O)N1CCc2cc(C(=O)O)ccc21. The number of nitrogens with zero attached hydrogens (tertiary/aromatic N) is 1. The van der Waals surface area contributed by atoms with Gasteiger partial charge in [0.1, 0.15) is 0 Å². The van der Waals surface area contributed by atoms with Crippen LogP contribution in [0.5, 0.6) is 0 Å². The molecule has 1 aliphatic carbocycles. The number of amides is 2. The molecule has 1 aliphatic heterocycles. The zero-order valence-corrected chi connectivity index (χ0v) is 11.4. The number of nitrogens with one attached hydrogen (secondary N) is 1. The van der Waals surface area contributed by atoms with Gasteiger partial charge in [0.05, 0.1) is 5.56 Å². The van der Waals surface area contributed by atoms with Crippen LogP contribution >= 0.6 is 0 Å². The number of carbonyl (C=O) groups is 2. The predicted octanol–water partition coefficient (Wildman–Crippen LogP) is 2.11. The number of urea groups is 1. The van der Waals surface area contributed by atoms with Crippen molar-refractivity contribution in [2.45, 2.75) is 19.8 Å². The van der Waals surface area contributed by atoms with Crippen molar-refractivity contribution < 1.29 is 14.7 Å². The van der Waals surface area contributed by atoms with Crippen LogP contribution in [0, 0.1) is 11.8 Å². The van der Waals surface area contributed by atoms with Crippen LogP contribution in [-0.2, 0) is 6.42 Å². The van der Waals surface area contributed by atoms with Gasteiger partial charge in [-0.2, -0.15) is 0 Å². The zero-order chi connectivity index (χ0) is 14.3. The molecule has 0 spiro atoms. The second-order valence-electron chi connectivity index (χ2n) is 5.71. The second-order valence-corrected chi connectivity index (χ2v) is 5.71. The highest BCUT2D eigenvalue weighted by atomic mass is 16.4. The van der Waals surface area contributed by atoms with Crippen molar-refractivity contribution in [1.82, 2.24) is 5.32 Å². The van der Waals surface area contributed by atoms with Gasteiger partial charge < -0.3 is 10.4 Å². The van der Waals surface area contributed by atoms with Gasteiger partial charge in [-0.3, -0.25) is 4.90 Å². The molecule has 1 fully saturated rings. The van der Waals surface area contributed by atoms with Gasteiger partial charge in [-0.05, 0) is 48.4 Å². The summed E-state index contributed by atoms with van der Waals surface area (Å²) in [7, 11) is 0. The van der Waals surface area contributed by atoms with E-state index < -0.39 is 5.97 Å². The van der Waals surface area contributed by atoms with Gasteiger partial charge in [0, 0.05) is 18.8 Å². The summed E-state index contributed by atoms with van der Waals surface area (Å²) < 4.78 is 0. The minimum Gasteiger partial charge on any atom is -0.478 e. The van der Waals surface area contributed by atoms with E-state index in [1.807, 2.05) is 0 Å². The average molecular weight is 274 g/mol. The standard InChI is InChI=1S/C15H18N2O3/c1-9-6-12(9)8-16-15(20)17-5-4-10-7-11(14(18)19)2-3-13(10)17/h2-3,7,9,12H,4-6,8H2,1H3,(H,16,20)(H,18,19). The molecule has 2 N–H and O–H groups in total. The highest BCUT2D eigenvalue weighted by Crippen LogP contribution is 2.37. The van der Waals surface area contributed by atoms with Crippen molar-refractivity contribution in [2.24, 2.45) is 11.8 Å². The summed E-state index contributed by atoms with van der Waals surface area (Å²) in [5.74, 6) is 0.410. The van der Waals surface area contributed by atoms with Crippen molar-refractivity contribution in [3.8, 4) is 0 Å². The summed E-state index contributed by atoms with van der Waals surface area (Å²) in [4.78, 5) is 24.8. The van der Waals surface area contributed by atoms with Gasteiger partial charge in [-0.25, -0.2) is 9.59 Å². The average Bonchev–Trinajstić information content (AvgIpc) is 2.97. The molecule has 1 saturated carbocycles. The van der Waals surface area contributed by atoms with Gasteiger partial charge in [0.25, 0.3) is 0 Å². The third kappa shape index (κ3) is 2.35. The lowest BCUT2D eigenvalue weighted by molar-refractivity contribution is 0.0697. The van der Waals surface area contributed by atoms with E-state index in [1.54, 1.807) is 23.1 Å². The fourth-order valence-corrected chi connectivity index (χ4v) is 2.74. The fraction of sp³-hybridized carbons (Fsp3) is 0.467. The molecule has 0 bridgehead atoms. The van der Waals surface area contributed by atoms with Crippen LogP contribution in [-0.4, -0.2) is 30.2 Å². The Morgan fingerprint density at radius 2 is 2.20 bits per heavy atom. The first kappa shape index (κ1) is 13.0. The molecule has 2 aliphatic rings. The molecule has 1 aromatic rings. The summed E-state index contributed by atoms with van der Waals surface area (Å²) in [6, 6.07) is 4.86. The molecule has 0 saturated heterocycles. The summed E-state index contributed by atoms with van der Waals surface area (Å²) in [5, 5.41) is 11.9. The Kier molecular flexibility index (Phi) is 3.12. The Morgan fingerprint density at radius 3 is 2.85 bits per heavy atom. The maximum atomic E-state index is 12.2. The molecule has 0 radical (unpaired) electrons. The zero-order valence-electron chi connectivity index (χ0n) is 11.4. The summed E-state index contributed by atoms with van der Waals surface area (Å²) in [6.07, 6.45) is 1.91. The number of benzene rings is 1. The molecule has 2 unspecified atom stereocenters. The molecule has 1 heterocycles. The van der Waals surface area contributed by atoms with Crippen LogP contribution in [0.4, 0.5) is 10.5 Å². The van der Waals surface area contributed by atoms with Crippen LogP contribution in [0.25, 0.3) is 0 Å². The van der Waals surface area contributed by atoms with E-state index in [0.29, 0.717) is 18.9 Å². The molecule has 0 aromatic heterocycles. The van der Waals surface area contributed by atoms with Gasteiger partial charge in [0.15, 0.2) is 0 Å². The number of aromatic carboxylic acids is 1. The Balaban J connectivity index is 1.69. The minimum absolute atomic E-state index is 0.0778. The molecule has 5 nitrogen and oxygen atoms in total. The number of carbonyl (C=O) groups excluding carboxylic acids is 1. The van der Waals surface area contributed by atoms with Crippen molar-refractivity contribution in [2.75, 3.05) is 18.0 Å². The molecule has 5 heteroatoms. The number of rotatable bonds is 3. The highest BCUT2D eigenvalue weighted by molar-refractivity contribution is 5.96. The number of hydrogen-bond acceptors (Lipinski definition) is 2. The fourth-order valence-electron chi connectivity index (χ4n) is 2.74. The minimum atomic E-state index is -0.932. The van der Waals surface area contributed by atoms with Crippen LogP contribution in [0.3, 0.4) is 0 Å². The van der Waals surface area contributed by atoms with Crippen LogP contribution in [0.2, 0.25) is 0 Å². The predicted molar refractivity (Wildman–Crippen MR) is 75.1 cm³/mol. The topological polar surface area (TPSA) is 69.6 Å². The van der Waals surface area contributed by atoms with E-state index in [1.165, 1.54) is 6.42 Å². The van der Waals surface area contributed by atoms with Gasteiger partial charge in [-0.15, -0.1) is 0 Å². The lowest BCUT2D eigenvalue weighted by Crippen LogP contribution is -2.39. The first-order valence-electron chi connectivity index (χ1n) is 6.98. The molecule has 3 rings (SSSR count).